The van der Waals surface area contributed by atoms with Crippen molar-refractivity contribution in [3.8, 4) is 73.3 Å². The van der Waals surface area contributed by atoms with E-state index >= 15 is 0 Å². The zero-order chi connectivity index (χ0) is 33.5. The van der Waals surface area contributed by atoms with Crippen LogP contribution in [0.25, 0.3) is 89.1 Å². The predicted octanol–water partition coefficient (Wildman–Crippen LogP) is 11.5. The second kappa shape index (κ2) is 10.9. The molecule has 0 amide bonds. The van der Waals surface area contributed by atoms with Crippen LogP contribution in [0.15, 0.2) is 164 Å². The summed E-state index contributed by atoms with van der Waals surface area (Å²) in [5.74, 6) is 2.89. The van der Waals surface area contributed by atoms with E-state index in [0.717, 1.165) is 39.0 Å². The van der Waals surface area contributed by atoms with Gasteiger partial charge >= 0.3 is 0 Å². The van der Waals surface area contributed by atoms with Gasteiger partial charge < -0.3 is 4.74 Å². The molecular weight excluding hydrogens is 623 g/mol. The van der Waals surface area contributed by atoms with Gasteiger partial charge in [-0.15, -0.1) is 0 Å². The topological polar surface area (TPSA) is 47.9 Å². The van der Waals surface area contributed by atoms with Crippen molar-refractivity contribution in [3.63, 3.8) is 0 Å². The van der Waals surface area contributed by atoms with Gasteiger partial charge in [-0.05, 0) is 91.3 Å². The molecular formula is C47H29N3O. The molecule has 0 saturated carbocycles. The maximum Gasteiger partial charge on any atom is 0.164 e. The van der Waals surface area contributed by atoms with Gasteiger partial charge in [-0.3, -0.25) is 0 Å². The van der Waals surface area contributed by atoms with Crippen molar-refractivity contribution < 1.29 is 4.74 Å². The third-order valence-electron chi connectivity index (χ3n) is 10.6. The molecule has 2 atom stereocenters. The molecule has 0 N–H and O–H groups in total. The van der Waals surface area contributed by atoms with Crippen LogP contribution in [0.1, 0.15) is 11.5 Å². The van der Waals surface area contributed by atoms with E-state index in [2.05, 4.69) is 152 Å². The van der Waals surface area contributed by atoms with Gasteiger partial charge in [0.05, 0.1) is 0 Å². The van der Waals surface area contributed by atoms with E-state index in [1.165, 1.54) is 44.0 Å². The zero-order valence-corrected chi connectivity index (χ0v) is 27.5. The van der Waals surface area contributed by atoms with Crippen LogP contribution in [0.5, 0.6) is 5.75 Å². The standard InChI is InChI=1S/C47H29N3O/c1-2-11-29-24-33(23-22-28(29)10-1)46-48-45(49-47(50-46)39-19-9-21-42-44(39)38-17-5-6-20-41(38)51-42)32-14-7-12-30(25-32)34-26-31-13-8-18-37-35-15-3-4-16-36(35)40(27-34)43(31)37/h1-27,38,41H. The van der Waals surface area contributed by atoms with E-state index in [1.807, 2.05) is 12.1 Å². The summed E-state index contributed by atoms with van der Waals surface area (Å²) in [4.78, 5) is 15.5. The van der Waals surface area contributed by atoms with Crippen LogP contribution in [0, 0.1) is 0 Å². The average Bonchev–Trinajstić information content (AvgIpc) is 3.74. The lowest BCUT2D eigenvalue weighted by molar-refractivity contribution is 0.269. The number of rotatable bonds is 4. The number of benzene rings is 7. The van der Waals surface area contributed by atoms with Gasteiger partial charge in [0.1, 0.15) is 11.9 Å². The minimum atomic E-state index is -0.0324. The molecule has 0 spiro atoms. The first-order valence-corrected chi connectivity index (χ1v) is 17.4. The quantitative estimate of drug-likeness (QED) is 0.190. The Morgan fingerprint density at radius 3 is 1.96 bits per heavy atom. The van der Waals surface area contributed by atoms with Gasteiger partial charge in [0.2, 0.25) is 0 Å². The number of nitrogens with zero attached hydrogens (tertiary/aromatic N) is 3. The number of hydrogen-bond acceptors (Lipinski definition) is 4. The van der Waals surface area contributed by atoms with Crippen molar-refractivity contribution in [3.05, 3.63) is 169 Å². The van der Waals surface area contributed by atoms with Crippen LogP contribution in [0.4, 0.5) is 0 Å². The Labute approximate surface area is 295 Å². The molecule has 2 unspecified atom stereocenters. The van der Waals surface area contributed by atoms with E-state index in [4.69, 9.17) is 19.7 Å². The smallest absolute Gasteiger partial charge is 0.164 e. The molecule has 3 aliphatic rings. The highest BCUT2D eigenvalue weighted by atomic mass is 16.5. The number of allylic oxidation sites excluding steroid dienone is 2. The first-order valence-electron chi connectivity index (χ1n) is 17.4. The summed E-state index contributed by atoms with van der Waals surface area (Å²) in [5.41, 5.74) is 11.4. The first kappa shape index (κ1) is 28.2. The summed E-state index contributed by atoms with van der Waals surface area (Å²) >= 11 is 0. The molecule has 1 aromatic heterocycles. The fraction of sp³-hybridized carbons (Fsp3) is 0.0426. The number of fused-ring (bicyclic) bond motifs is 7. The largest absolute Gasteiger partial charge is 0.485 e. The Bertz CT molecular complexity index is 2810. The molecule has 238 valence electrons. The Hall–Kier alpha value is -6.65. The molecule has 11 rings (SSSR count). The van der Waals surface area contributed by atoms with Crippen LogP contribution in [-0.4, -0.2) is 21.1 Å². The molecule has 4 heteroatoms. The molecule has 0 saturated heterocycles. The van der Waals surface area contributed by atoms with Gasteiger partial charge in [0, 0.05) is 28.2 Å². The Kier molecular flexibility index (Phi) is 6.05. The summed E-state index contributed by atoms with van der Waals surface area (Å²) in [6, 6.07) is 49.6. The summed E-state index contributed by atoms with van der Waals surface area (Å²) < 4.78 is 6.38. The fourth-order valence-electron chi connectivity index (χ4n) is 8.20. The molecule has 0 radical (unpaired) electrons. The highest BCUT2D eigenvalue weighted by Crippen LogP contribution is 2.49. The van der Waals surface area contributed by atoms with Crippen molar-refractivity contribution in [1.82, 2.24) is 15.0 Å². The minimum absolute atomic E-state index is 0.0324. The van der Waals surface area contributed by atoms with E-state index in [1.54, 1.807) is 0 Å². The lowest BCUT2D eigenvalue weighted by atomic mass is 9.88. The van der Waals surface area contributed by atoms with E-state index in [9.17, 15) is 0 Å². The highest BCUT2D eigenvalue weighted by Gasteiger charge is 2.35. The normalized spacial score (nSPS) is 16.2. The van der Waals surface area contributed by atoms with Crippen LogP contribution in [0.2, 0.25) is 0 Å². The Balaban J connectivity index is 1.09. The van der Waals surface area contributed by atoms with Crippen molar-refractivity contribution in [2.75, 3.05) is 0 Å². The van der Waals surface area contributed by atoms with Gasteiger partial charge in [-0.25, -0.2) is 15.0 Å². The van der Waals surface area contributed by atoms with Gasteiger partial charge in [0.25, 0.3) is 0 Å². The molecule has 2 aliphatic carbocycles. The van der Waals surface area contributed by atoms with Crippen LogP contribution in [-0.2, 0) is 0 Å². The third kappa shape index (κ3) is 4.43. The summed E-state index contributed by atoms with van der Waals surface area (Å²) in [5, 5.41) is 4.89. The van der Waals surface area contributed by atoms with Crippen molar-refractivity contribution in [2.45, 2.75) is 12.0 Å². The van der Waals surface area contributed by atoms with Crippen LogP contribution in [0.3, 0.4) is 0 Å². The molecule has 0 bridgehead atoms. The number of hydrogen-bond donors (Lipinski definition) is 0. The SMILES string of the molecule is C1=CC2Oc3cccc(-c4nc(-c5cccc(-c6cc7c8c(cccc8c6)-c6ccccc6-7)c5)nc(-c5ccc6ccccc6c5)n4)c3C2C=C1. The molecule has 7 aromatic carbocycles. The highest BCUT2D eigenvalue weighted by molar-refractivity contribution is 6.16. The third-order valence-corrected chi connectivity index (χ3v) is 10.6. The van der Waals surface area contributed by atoms with Gasteiger partial charge in [0.15, 0.2) is 17.5 Å². The monoisotopic (exact) mass is 651 g/mol. The fourth-order valence-corrected chi connectivity index (χ4v) is 8.20. The van der Waals surface area contributed by atoms with E-state index in [-0.39, 0.29) is 12.0 Å². The maximum absolute atomic E-state index is 6.38. The van der Waals surface area contributed by atoms with Crippen molar-refractivity contribution in [1.29, 1.82) is 0 Å². The zero-order valence-electron chi connectivity index (χ0n) is 27.5. The molecule has 0 fully saturated rings. The van der Waals surface area contributed by atoms with Crippen LogP contribution >= 0.6 is 0 Å². The molecule has 51 heavy (non-hydrogen) atoms. The maximum atomic E-state index is 6.38. The molecule has 8 aromatic rings. The van der Waals surface area contributed by atoms with E-state index < -0.39 is 0 Å². The first-order chi connectivity index (χ1) is 25.2. The van der Waals surface area contributed by atoms with E-state index in [0.29, 0.717) is 17.5 Å². The van der Waals surface area contributed by atoms with Crippen LogP contribution < -0.4 is 4.74 Å². The van der Waals surface area contributed by atoms with Crippen molar-refractivity contribution >= 4 is 21.5 Å². The summed E-state index contributed by atoms with van der Waals surface area (Å²) in [6.45, 7) is 0. The molecule has 4 nitrogen and oxygen atoms in total. The number of aromatic nitrogens is 3. The van der Waals surface area contributed by atoms with Gasteiger partial charge in [-0.1, -0.05) is 127 Å². The van der Waals surface area contributed by atoms with Crippen molar-refractivity contribution in [2.24, 2.45) is 0 Å². The molecule has 1 aliphatic heterocycles. The predicted molar refractivity (Wildman–Crippen MR) is 206 cm³/mol. The summed E-state index contributed by atoms with van der Waals surface area (Å²) in [7, 11) is 0. The lowest BCUT2D eigenvalue weighted by Crippen LogP contribution is -2.16. The average molecular weight is 652 g/mol. The Morgan fingerprint density at radius 1 is 0.412 bits per heavy atom. The second-order valence-electron chi connectivity index (χ2n) is 13.5. The lowest BCUT2D eigenvalue weighted by Gasteiger charge is -2.16. The van der Waals surface area contributed by atoms with Gasteiger partial charge in [-0.2, -0.15) is 0 Å². The molecule has 2 heterocycles. The minimum Gasteiger partial charge on any atom is -0.485 e. The number of ether oxygens (including phenoxy) is 1. The summed E-state index contributed by atoms with van der Waals surface area (Å²) in [6.07, 6.45) is 8.46. The second-order valence-corrected chi connectivity index (χ2v) is 13.5. The Morgan fingerprint density at radius 2 is 1.06 bits per heavy atom.